The van der Waals surface area contributed by atoms with Gasteiger partial charge >= 0.3 is 0 Å². The minimum Gasteiger partial charge on any atom is -0.380 e. The van der Waals surface area contributed by atoms with Crippen molar-refractivity contribution < 1.29 is 9.53 Å². The lowest BCUT2D eigenvalue weighted by Crippen LogP contribution is -2.37. The Labute approximate surface area is 92.4 Å². The average molecular weight is 210 g/mol. The maximum absolute atomic E-state index is 11.4. The minimum absolute atomic E-state index is 0.136. The van der Waals surface area contributed by atoms with Gasteiger partial charge in [0.2, 0.25) is 0 Å². The Morgan fingerprint density at radius 3 is 2.33 bits per heavy atom. The number of rotatable bonds is 2. The monoisotopic (exact) mass is 210 g/mol. The first kappa shape index (κ1) is 11.1. The molecule has 0 amide bonds. The van der Waals surface area contributed by atoms with Crippen molar-refractivity contribution in [2.75, 3.05) is 13.2 Å². The highest BCUT2D eigenvalue weighted by molar-refractivity contribution is 5.60. The van der Waals surface area contributed by atoms with Crippen LogP contribution in [-0.2, 0) is 9.53 Å². The van der Waals surface area contributed by atoms with Gasteiger partial charge in [-0.1, -0.05) is 13.8 Å². The molecule has 2 rings (SSSR count). The van der Waals surface area contributed by atoms with E-state index in [0.29, 0.717) is 12.5 Å². The molecule has 2 heteroatoms. The second kappa shape index (κ2) is 4.25. The molecular weight excluding hydrogens is 188 g/mol. The van der Waals surface area contributed by atoms with Gasteiger partial charge in [0.05, 0.1) is 12.0 Å². The van der Waals surface area contributed by atoms with Crippen LogP contribution in [0.5, 0.6) is 0 Å². The molecule has 3 atom stereocenters. The van der Waals surface area contributed by atoms with E-state index >= 15 is 0 Å². The van der Waals surface area contributed by atoms with E-state index in [1.807, 2.05) is 0 Å². The highest BCUT2D eigenvalue weighted by atomic mass is 16.5. The Kier molecular flexibility index (Phi) is 3.15. The molecule has 0 radical (unpaired) electrons. The molecule has 1 heterocycles. The number of carbonyl (C=O) groups is 1. The molecule has 86 valence electrons. The number of hydrogen-bond donors (Lipinski definition) is 0. The van der Waals surface area contributed by atoms with Crippen molar-refractivity contribution >= 4 is 6.29 Å². The lowest BCUT2D eigenvalue weighted by atomic mass is 9.64. The second-order valence-electron chi connectivity index (χ2n) is 5.77. The van der Waals surface area contributed by atoms with Crippen LogP contribution in [0.25, 0.3) is 0 Å². The topological polar surface area (TPSA) is 26.3 Å². The van der Waals surface area contributed by atoms with Gasteiger partial charge in [-0.05, 0) is 43.4 Å². The molecule has 2 fully saturated rings. The van der Waals surface area contributed by atoms with Crippen LogP contribution in [0.2, 0.25) is 0 Å². The molecule has 2 nitrogen and oxygen atoms in total. The molecular formula is C13H22O2. The smallest absolute Gasteiger partial charge is 0.128 e. The van der Waals surface area contributed by atoms with Crippen molar-refractivity contribution in [2.45, 2.75) is 39.5 Å². The first-order valence-electron chi connectivity index (χ1n) is 6.20. The number of carbonyl (C=O) groups excluding carboxylic acids is 1. The third-order valence-electron chi connectivity index (χ3n) is 4.31. The summed E-state index contributed by atoms with van der Waals surface area (Å²) < 4.78 is 5.44. The van der Waals surface area contributed by atoms with Gasteiger partial charge in [0, 0.05) is 6.61 Å². The first-order valence-corrected chi connectivity index (χ1v) is 6.20. The van der Waals surface area contributed by atoms with E-state index in [1.54, 1.807) is 0 Å². The Balaban J connectivity index is 2.10. The van der Waals surface area contributed by atoms with Crippen LogP contribution >= 0.6 is 0 Å². The lowest BCUT2D eigenvalue weighted by molar-refractivity contribution is -0.120. The van der Waals surface area contributed by atoms with Crippen LogP contribution in [-0.4, -0.2) is 19.5 Å². The summed E-state index contributed by atoms with van der Waals surface area (Å²) in [6.45, 7) is 6.08. The van der Waals surface area contributed by atoms with Crippen molar-refractivity contribution in [3.63, 3.8) is 0 Å². The molecule has 3 unspecified atom stereocenters. The van der Waals surface area contributed by atoms with Gasteiger partial charge in [-0.15, -0.1) is 0 Å². The fourth-order valence-corrected chi connectivity index (χ4v) is 3.52. The summed E-state index contributed by atoms with van der Waals surface area (Å²) in [5.74, 6) is 2.11. The molecule has 0 aromatic heterocycles. The summed E-state index contributed by atoms with van der Waals surface area (Å²) >= 11 is 0. The summed E-state index contributed by atoms with van der Waals surface area (Å²) in [5, 5.41) is 0. The molecule has 1 saturated carbocycles. The van der Waals surface area contributed by atoms with E-state index in [2.05, 4.69) is 13.8 Å². The molecule has 0 N–H and O–H groups in total. The number of ether oxygens (including phenoxy) is 1. The largest absolute Gasteiger partial charge is 0.380 e. The molecule has 15 heavy (non-hydrogen) atoms. The van der Waals surface area contributed by atoms with Gasteiger partial charge < -0.3 is 9.53 Å². The van der Waals surface area contributed by atoms with Gasteiger partial charge in [-0.25, -0.2) is 0 Å². The maximum atomic E-state index is 11.4. The molecule has 0 aromatic rings. The van der Waals surface area contributed by atoms with Gasteiger partial charge in [0.1, 0.15) is 6.29 Å². The van der Waals surface area contributed by atoms with Gasteiger partial charge in [-0.3, -0.25) is 0 Å². The highest BCUT2D eigenvalue weighted by Gasteiger charge is 2.44. The quantitative estimate of drug-likeness (QED) is 0.655. The molecule has 1 saturated heterocycles. The Morgan fingerprint density at radius 2 is 1.87 bits per heavy atom. The summed E-state index contributed by atoms with van der Waals surface area (Å²) in [6, 6.07) is 0. The van der Waals surface area contributed by atoms with E-state index in [1.165, 1.54) is 25.5 Å². The van der Waals surface area contributed by atoms with Crippen LogP contribution in [0.1, 0.15) is 39.5 Å². The average Bonchev–Trinajstić information content (AvgIpc) is 2.65. The zero-order valence-electron chi connectivity index (χ0n) is 9.87. The van der Waals surface area contributed by atoms with Crippen molar-refractivity contribution in [1.82, 2.24) is 0 Å². The highest BCUT2D eigenvalue weighted by Crippen LogP contribution is 2.45. The number of hydrogen-bond acceptors (Lipinski definition) is 2. The lowest BCUT2D eigenvalue weighted by Gasteiger charge is -2.39. The molecule has 2 aliphatic rings. The number of aldehydes is 1. The van der Waals surface area contributed by atoms with Gasteiger partial charge in [0.15, 0.2) is 0 Å². The maximum Gasteiger partial charge on any atom is 0.128 e. The van der Waals surface area contributed by atoms with Crippen molar-refractivity contribution in [2.24, 2.45) is 23.2 Å². The zero-order chi connectivity index (χ0) is 10.9. The molecule has 1 aliphatic heterocycles. The van der Waals surface area contributed by atoms with Crippen LogP contribution in [0.4, 0.5) is 0 Å². The normalized spacial score (nSPS) is 46.7. The third kappa shape index (κ3) is 2.10. The van der Waals surface area contributed by atoms with Crippen molar-refractivity contribution in [3.8, 4) is 0 Å². The van der Waals surface area contributed by atoms with E-state index in [0.717, 1.165) is 24.9 Å². The minimum atomic E-state index is -0.136. The van der Waals surface area contributed by atoms with E-state index in [-0.39, 0.29) is 5.41 Å². The SMILES string of the molecule is CC1CC(C)CC(C2(C=O)CCOC2)C1. The van der Waals surface area contributed by atoms with Crippen molar-refractivity contribution in [1.29, 1.82) is 0 Å². The predicted molar refractivity (Wildman–Crippen MR) is 59.6 cm³/mol. The van der Waals surface area contributed by atoms with Gasteiger partial charge in [0.25, 0.3) is 0 Å². The fraction of sp³-hybridized carbons (Fsp3) is 0.923. The van der Waals surface area contributed by atoms with Crippen LogP contribution in [0.3, 0.4) is 0 Å². The molecule has 0 aromatic carbocycles. The third-order valence-corrected chi connectivity index (χ3v) is 4.31. The molecule has 0 spiro atoms. The van der Waals surface area contributed by atoms with Gasteiger partial charge in [-0.2, -0.15) is 0 Å². The Morgan fingerprint density at radius 1 is 1.20 bits per heavy atom. The summed E-state index contributed by atoms with van der Waals surface area (Å²) in [4.78, 5) is 11.4. The predicted octanol–water partition coefficient (Wildman–Crippen LogP) is 2.66. The summed E-state index contributed by atoms with van der Waals surface area (Å²) in [5.41, 5.74) is -0.136. The standard InChI is InChI=1S/C13H22O2/c1-10-5-11(2)7-12(6-10)13(8-14)3-4-15-9-13/h8,10-12H,3-7,9H2,1-2H3. The van der Waals surface area contributed by atoms with Crippen LogP contribution < -0.4 is 0 Å². The second-order valence-corrected chi connectivity index (χ2v) is 5.77. The summed E-state index contributed by atoms with van der Waals surface area (Å²) in [6.07, 6.45) is 5.89. The van der Waals surface area contributed by atoms with E-state index < -0.39 is 0 Å². The molecule has 1 aliphatic carbocycles. The molecule has 0 bridgehead atoms. The Hall–Kier alpha value is -0.370. The first-order chi connectivity index (χ1) is 7.16. The Bertz CT molecular complexity index is 221. The van der Waals surface area contributed by atoms with E-state index in [4.69, 9.17) is 4.74 Å². The fourth-order valence-electron chi connectivity index (χ4n) is 3.52. The zero-order valence-corrected chi connectivity index (χ0v) is 9.87. The van der Waals surface area contributed by atoms with Crippen LogP contribution in [0, 0.1) is 23.2 Å². The van der Waals surface area contributed by atoms with Crippen molar-refractivity contribution in [3.05, 3.63) is 0 Å². The van der Waals surface area contributed by atoms with E-state index in [9.17, 15) is 4.79 Å². The summed E-state index contributed by atoms with van der Waals surface area (Å²) in [7, 11) is 0. The van der Waals surface area contributed by atoms with Crippen LogP contribution in [0.15, 0.2) is 0 Å².